The number of amides is 1. The van der Waals surface area contributed by atoms with Crippen LogP contribution in [0.25, 0.3) is 10.8 Å². The third-order valence-electron chi connectivity index (χ3n) is 5.42. The zero-order valence-corrected chi connectivity index (χ0v) is 16.3. The van der Waals surface area contributed by atoms with E-state index in [9.17, 15) is 9.18 Å². The van der Waals surface area contributed by atoms with Gasteiger partial charge in [-0.3, -0.25) is 9.69 Å². The summed E-state index contributed by atoms with van der Waals surface area (Å²) in [6, 6.07) is 18.8. The summed E-state index contributed by atoms with van der Waals surface area (Å²) < 4.78 is 14.0. The van der Waals surface area contributed by atoms with Gasteiger partial charge in [-0.25, -0.2) is 4.39 Å². The molecule has 1 fully saturated rings. The SMILES string of the molecule is O=C(Nc1ccc2ccccc2c1)C1CCN(Cc2c(F)cccc2Cl)CC1. The molecule has 1 aliphatic heterocycles. The van der Waals surface area contributed by atoms with Crippen LogP contribution < -0.4 is 5.32 Å². The van der Waals surface area contributed by atoms with E-state index < -0.39 is 0 Å². The van der Waals surface area contributed by atoms with E-state index in [4.69, 9.17) is 11.6 Å². The standard InChI is InChI=1S/C23H22ClFN2O/c24-21-6-3-7-22(25)20(21)15-27-12-10-17(11-13-27)23(28)26-19-9-8-16-4-1-2-5-18(16)14-19/h1-9,14,17H,10-13,15H2,(H,26,28). The smallest absolute Gasteiger partial charge is 0.227 e. The molecule has 144 valence electrons. The molecule has 0 atom stereocenters. The van der Waals surface area contributed by atoms with Crippen molar-refractivity contribution < 1.29 is 9.18 Å². The van der Waals surface area contributed by atoms with E-state index in [1.807, 2.05) is 36.4 Å². The molecule has 0 unspecified atom stereocenters. The number of nitrogens with one attached hydrogen (secondary N) is 1. The van der Waals surface area contributed by atoms with Gasteiger partial charge in [0.2, 0.25) is 5.91 Å². The van der Waals surface area contributed by atoms with Crippen molar-refractivity contribution >= 4 is 34.0 Å². The van der Waals surface area contributed by atoms with Crippen LogP contribution in [-0.4, -0.2) is 23.9 Å². The first-order chi connectivity index (χ1) is 13.6. The zero-order chi connectivity index (χ0) is 19.5. The van der Waals surface area contributed by atoms with Gasteiger partial charge in [-0.2, -0.15) is 0 Å². The molecule has 3 aromatic carbocycles. The molecule has 1 N–H and O–H groups in total. The number of rotatable bonds is 4. The number of hydrogen-bond acceptors (Lipinski definition) is 2. The number of benzene rings is 3. The zero-order valence-electron chi connectivity index (χ0n) is 15.5. The van der Waals surface area contributed by atoms with Gasteiger partial charge in [-0.1, -0.05) is 48.0 Å². The van der Waals surface area contributed by atoms with Gasteiger partial charge in [0.05, 0.1) is 0 Å². The van der Waals surface area contributed by atoms with E-state index in [0.717, 1.165) is 42.4 Å². The predicted molar refractivity (Wildman–Crippen MR) is 112 cm³/mol. The molecule has 1 aliphatic rings. The van der Waals surface area contributed by atoms with E-state index in [1.54, 1.807) is 12.1 Å². The Hall–Kier alpha value is -2.43. The van der Waals surface area contributed by atoms with Crippen molar-refractivity contribution in [3.8, 4) is 0 Å². The lowest BCUT2D eigenvalue weighted by atomic mass is 9.95. The molecule has 0 aliphatic carbocycles. The minimum atomic E-state index is -0.274. The molecule has 0 radical (unpaired) electrons. The molecule has 28 heavy (non-hydrogen) atoms. The first-order valence-corrected chi connectivity index (χ1v) is 9.93. The van der Waals surface area contributed by atoms with Gasteiger partial charge >= 0.3 is 0 Å². The summed E-state index contributed by atoms with van der Waals surface area (Å²) in [5, 5.41) is 5.76. The maximum Gasteiger partial charge on any atom is 0.227 e. The number of fused-ring (bicyclic) bond motifs is 1. The highest BCUT2D eigenvalue weighted by Gasteiger charge is 2.26. The summed E-state index contributed by atoms with van der Waals surface area (Å²) in [4.78, 5) is 14.8. The number of piperidine rings is 1. The van der Waals surface area contributed by atoms with Gasteiger partial charge in [0, 0.05) is 28.7 Å². The Kier molecular flexibility index (Phi) is 5.60. The molecular formula is C23H22ClFN2O. The quantitative estimate of drug-likeness (QED) is 0.633. The van der Waals surface area contributed by atoms with Gasteiger partial charge < -0.3 is 5.32 Å². The summed E-state index contributed by atoms with van der Waals surface area (Å²) in [5.41, 5.74) is 1.35. The average molecular weight is 397 g/mol. The number of hydrogen-bond donors (Lipinski definition) is 1. The number of likely N-dealkylation sites (tertiary alicyclic amines) is 1. The minimum absolute atomic E-state index is 0.0289. The fraction of sp³-hybridized carbons (Fsp3) is 0.261. The van der Waals surface area contributed by atoms with Crippen molar-refractivity contribution in [1.29, 1.82) is 0 Å². The van der Waals surface area contributed by atoms with E-state index in [-0.39, 0.29) is 17.6 Å². The van der Waals surface area contributed by atoms with Crippen LogP contribution in [0.5, 0.6) is 0 Å². The normalized spacial score (nSPS) is 15.6. The van der Waals surface area contributed by atoms with Crippen LogP contribution in [0, 0.1) is 11.7 Å². The summed E-state index contributed by atoms with van der Waals surface area (Å²) in [7, 11) is 0. The van der Waals surface area contributed by atoms with E-state index >= 15 is 0 Å². The average Bonchev–Trinajstić information content (AvgIpc) is 2.71. The van der Waals surface area contributed by atoms with Gasteiger partial charge in [-0.05, 0) is 61.0 Å². The number of halogens is 2. The van der Waals surface area contributed by atoms with Crippen LogP contribution >= 0.6 is 11.6 Å². The molecule has 1 saturated heterocycles. The molecule has 5 heteroatoms. The fourth-order valence-electron chi connectivity index (χ4n) is 3.77. The molecule has 4 rings (SSSR count). The van der Waals surface area contributed by atoms with E-state index in [2.05, 4.69) is 16.3 Å². The molecule has 0 aromatic heterocycles. The van der Waals surface area contributed by atoms with Crippen LogP contribution in [0.3, 0.4) is 0 Å². The number of nitrogens with zero attached hydrogens (tertiary/aromatic N) is 1. The molecule has 0 spiro atoms. The van der Waals surface area contributed by atoms with Gasteiger partial charge in [0.15, 0.2) is 0 Å². The Morgan fingerprint density at radius 3 is 2.54 bits per heavy atom. The Labute approximate surface area is 169 Å². The van der Waals surface area contributed by atoms with Crippen molar-refractivity contribution in [2.24, 2.45) is 5.92 Å². The second-order valence-corrected chi connectivity index (χ2v) is 7.71. The van der Waals surface area contributed by atoms with E-state index in [0.29, 0.717) is 17.1 Å². The van der Waals surface area contributed by atoms with Crippen LogP contribution in [0.15, 0.2) is 60.7 Å². The number of anilines is 1. The lowest BCUT2D eigenvalue weighted by Gasteiger charge is -2.31. The fourth-order valence-corrected chi connectivity index (χ4v) is 3.99. The van der Waals surface area contributed by atoms with Crippen molar-refractivity contribution in [2.45, 2.75) is 19.4 Å². The molecule has 3 nitrogen and oxygen atoms in total. The lowest BCUT2D eigenvalue weighted by molar-refractivity contribution is -0.121. The van der Waals surface area contributed by atoms with Crippen LogP contribution in [0.2, 0.25) is 5.02 Å². The maximum atomic E-state index is 14.0. The Morgan fingerprint density at radius 2 is 1.79 bits per heavy atom. The minimum Gasteiger partial charge on any atom is -0.326 e. The van der Waals surface area contributed by atoms with Crippen molar-refractivity contribution in [2.75, 3.05) is 18.4 Å². The molecule has 0 saturated carbocycles. The molecule has 0 bridgehead atoms. The van der Waals surface area contributed by atoms with Crippen molar-refractivity contribution in [1.82, 2.24) is 4.90 Å². The molecule has 3 aromatic rings. The predicted octanol–water partition coefficient (Wildman–Crippen LogP) is 5.48. The summed E-state index contributed by atoms with van der Waals surface area (Å²) in [5.74, 6) is -0.249. The third-order valence-corrected chi connectivity index (χ3v) is 5.77. The van der Waals surface area contributed by atoms with Crippen molar-refractivity contribution in [3.63, 3.8) is 0 Å². The summed E-state index contributed by atoms with van der Waals surface area (Å²) in [6.07, 6.45) is 1.51. The highest BCUT2D eigenvalue weighted by atomic mass is 35.5. The summed E-state index contributed by atoms with van der Waals surface area (Å²) >= 11 is 6.13. The maximum absolute atomic E-state index is 14.0. The van der Waals surface area contributed by atoms with Crippen molar-refractivity contribution in [3.05, 3.63) is 77.1 Å². The number of carbonyl (C=O) groups excluding carboxylic acids is 1. The second-order valence-electron chi connectivity index (χ2n) is 7.30. The second kappa shape index (κ2) is 8.29. The largest absolute Gasteiger partial charge is 0.326 e. The molecular weight excluding hydrogens is 375 g/mol. The summed E-state index contributed by atoms with van der Waals surface area (Å²) in [6.45, 7) is 1.98. The highest BCUT2D eigenvalue weighted by molar-refractivity contribution is 6.31. The van der Waals surface area contributed by atoms with Gasteiger partial charge in [-0.15, -0.1) is 0 Å². The monoisotopic (exact) mass is 396 g/mol. The highest BCUT2D eigenvalue weighted by Crippen LogP contribution is 2.26. The lowest BCUT2D eigenvalue weighted by Crippen LogP contribution is -2.38. The number of carbonyl (C=O) groups is 1. The third kappa shape index (κ3) is 4.18. The molecule has 1 amide bonds. The Bertz CT molecular complexity index is 979. The van der Waals surface area contributed by atoms with Crippen LogP contribution in [0.4, 0.5) is 10.1 Å². The van der Waals surface area contributed by atoms with Crippen LogP contribution in [0.1, 0.15) is 18.4 Å². The molecule has 1 heterocycles. The topological polar surface area (TPSA) is 32.3 Å². The van der Waals surface area contributed by atoms with Gasteiger partial charge in [0.25, 0.3) is 0 Å². The van der Waals surface area contributed by atoms with E-state index in [1.165, 1.54) is 6.07 Å². The van der Waals surface area contributed by atoms with Crippen LogP contribution in [-0.2, 0) is 11.3 Å². The Balaban J connectivity index is 1.34. The first-order valence-electron chi connectivity index (χ1n) is 9.55. The van der Waals surface area contributed by atoms with Gasteiger partial charge in [0.1, 0.15) is 5.82 Å². The Morgan fingerprint density at radius 1 is 1.04 bits per heavy atom. The first kappa shape index (κ1) is 18.9.